The summed E-state index contributed by atoms with van der Waals surface area (Å²) in [4.78, 5) is 0. The summed E-state index contributed by atoms with van der Waals surface area (Å²) in [6.45, 7) is 7.28. The van der Waals surface area contributed by atoms with Crippen LogP contribution in [0, 0.1) is 5.92 Å². The van der Waals surface area contributed by atoms with E-state index in [1.54, 1.807) is 0 Å². The second-order valence-corrected chi connectivity index (χ2v) is 3.96. The van der Waals surface area contributed by atoms with Crippen molar-refractivity contribution >= 4 is 12.4 Å². The molecule has 2 N–H and O–H groups in total. The Morgan fingerprint density at radius 2 is 2.00 bits per heavy atom. The zero-order chi connectivity index (χ0) is 7.78. The first kappa shape index (κ1) is 11.2. The standard InChI is InChI=1S/C8H17NO.ClH/c1-6-4-7(10)8(2,3)9-5-6;/h6-7,9-10H,4-5H2,1-3H3;1H/t6?,7-;/m1./s1. The number of aliphatic hydroxyl groups excluding tert-OH is 1. The average Bonchev–Trinajstić information content (AvgIpc) is 1.81. The summed E-state index contributed by atoms with van der Waals surface area (Å²) in [5, 5.41) is 12.9. The molecular weight excluding hydrogens is 162 g/mol. The molecule has 1 fully saturated rings. The van der Waals surface area contributed by atoms with Crippen LogP contribution in [0.3, 0.4) is 0 Å². The molecule has 1 unspecified atom stereocenters. The van der Waals surface area contributed by atoms with Crippen molar-refractivity contribution in [1.82, 2.24) is 5.32 Å². The van der Waals surface area contributed by atoms with E-state index in [4.69, 9.17) is 0 Å². The van der Waals surface area contributed by atoms with Gasteiger partial charge < -0.3 is 10.4 Å². The second-order valence-electron chi connectivity index (χ2n) is 3.96. The van der Waals surface area contributed by atoms with E-state index in [0.29, 0.717) is 5.92 Å². The Hall–Kier alpha value is 0.210. The van der Waals surface area contributed by atoms with Gasteiger partial charge in [0.05, 0.1) is 6.10 Å². The Balaban J connectivity index is 0.000001000. The maximum atomic E-state index is 9.54. The van der Waals surface area contributed by atoms with Crippen LogP contribution in [-0.4, -0.2) is 23.3 Å². The number of halogens is 1. The fourth-order valence-electron chi connectivity index (χ4n) is 1.31. The van der Waals surface area contributed by atoms with Crippen molar-refractivity contribution in [3.05, 3.63) is 0 Å². The van der Waals surface area contributed by atoms with Crippen LogP contribution in [0.2, 0.25) is 0 Å². The molecule has 0 amide bonds. The van der Waals surface area contributed by atoms with E-state index in [9.17, 15) is 5.11 Å². The maximum Gasteiger partial charge on any atom is 0.0719 e. The summed E-state index contributed by atoms with van der Waals surface area (Å²) < 4.78 is 0. The summed E-state index contributed by atoms with van der Waals surface area (Å²) in [5.41, 5.74) is -0.0769. The normalized spacial score (nSPS) is 36.0. The minimum Gasteiger partial charge on any atom is -0.391 e. The van der Waals surface area contributed by atoms with Crippen molar-refractivity contribution in [2.24, 2.45) is 5.92 Å². The van der Waals surface area contributed by atoms with Crippen LogP contribution in [-0.2, 0) is 0 Å². The number of rotatable bonds is 0. The fraction of sp³-hybridized carbons (Fsp3) is 1.00. The predicted molar refractivity (Wildman–Crippen MR) is 49.1 cm³/mol. The van der Waals surface area contributed by atoms with Crippen molar-refractivity contribution in [2.75, 3.05) is 6.54 Å². The van der Waals surface area contributed by atoms with Crippen LogP contribution in [0.15, 0.2) is 0 Å². The van der Waals surface area contributed by atoms with Crippen molar-refractivity contribution in [1.29, 1.82) is 0 Å². The summed E-state index contributed by atoms with van der Waals surface area (Å²) in [6, 6.07) is 0. The monoisotopic (exact) mass is 179 g/mol. The van der Waals surface area contributed by atoms with Gasteiger partial charge in [0, 0.05) is 5.54 Å². The topological polar surface area (TPSA) is 32.3 Å². The van der Waals surface area contributed by atoms with Gasteiger partial charge in [0.2, 0.25) is 0 Å². The Morgan fingerprint density at radius 3 is 2.36 bits per heavy atom. The number of hydrogen-bond donors (Lipinski definition) is 2. The molecular formula is C8H18ClNO. The molecule has 2 nitrogen and oxygen atoms in total. The first-order valence-electron chi connectivity index (χ1n) is 3.95. The lowest BCUT2D eigenvalue weighted by Gasteiger charge is -2.39. The average molecular weight is 180 g/mol. The highest BCUT2D eigenvalue weighted by Gasteiger charge is 2.32. The molecule has 1 heterocycles. The highest BCUT2D eigenvalue weighted by atomic mass is 35.5. The van der Waals surface area contributed by atoms with Gasteiger partial charge in [-0.2, -0.15) is 0 Å². The lowest BCUT2D eigenvalue weighted by Crippen LogP contribution is -2.55. The maximum absolute atomic E-state index is 9.54. The van der Waals surface area contributed by atoms with Crippen LogP contribution in [0.5, 0.6) is 0 Å². The van der Waals surface area contributed by atoms with Gasteiger partial charge in [0.1, 0.15) is 0 Å². The smallest absolute Gasteiger partial charge is 0.0719 e. The molecule has 3 heteroatoms. The molecule has 0 bridgehead atoms. The number of aliphatic hydroxyl groups is 1. The quantitative estimate of drug-likeness (QED) is 0.586. The zero-order valence-electron chi connectivity index (χ0n) is 7.42. The van der Waals surface area contributed by atoms with Crippen LogP contribution in [0.1, 0.15) is 27.2 Å². The largest absolute Gasteiger partial charge is 0.391 e. The van der Waals surface area contributed by atoms with Gasteiger partial charge in [0.15, 0.2) is 0 Å². The molecule has 1 aliphatic heterocycles. The van der Waals surface area contributed by atoms with E-state index in [-0.39, 0.29) is 24.0 Å². The Morgan fingerprint density at radius 1 is 1.45 bits per heavy atom. The molecule has 0 aromatic carbocycles. The predicted octanol–water partition coefficient (Wildman–Crippen LogP) is 1.18. The Kier molecular flexibility index (Phi) is 3.82. The number of hydrogen-bond acceptors (Lipinski definition) is 2. The van der Waals surface area contributed by atoms with Gasteiger partial charge in [-0.25, -0.2) is 0 Å². The van der Waals surface area contributed by atoms with E-state index in [1.807, 2.05) is 13.8 Å². The molecule has 11 heavy (non-hydrogen) atoms. The highest BCUT2D eigenvalue weighted by molar-refractivity contribution is 5.85. The molecule has 1 saturated heterocycles. The van der Waals surface area contributed by atoms with Crippen LogP contribution in [0.25, 0.3) is 0 Å². The molecule has 2 atom stereocenters. The molecule has 0 aliphatic carbocycles. The van der Waals surface area contributed by atoms with Crippen LogP contribution < -0.4 is 5.32 Å². The first-order valence-corrected chi connectivity index (χ1v) is 3.95. The molecule has 0 aromatic heterocycles. The third-order valence-electron chi connectivity index (χ3n) is 2.36. The van der Waals surface area contributed by atoms with Crippen molar-refractivity contribution < 1.29 is 5.11 Å². The minimum atomic E-state index is -0.184. The molecule has 0 aromatic rings. The molecule has 1 aliphatic rings. The van der Waals surface area contributed by atoms with Gasteiger partial charge >= 0.3 is 0 Å². The molecule has 0 radical (unpaired) electrons. The van der Waals surface area contributed by atoms with Gasteiger partial charge in [-0.1, -0.05) is 6.92 Å². The minimum absolute atomic E-state index is 0. The second kappa shape index (κ2) is 3.74. The summed E-state index contributed by atoms with van der Waals surface area (Å²) in [5.74, 6) is 0.614. The van der Waals surface area contributed by atoms with Crippen molar-refractivity contribution in [3.63, 3.8) is 0 Å². The van der Waals surface area contributed by atoms with Crippen molar-refractivity contribution in [3.8, 4) is 0 Å². The molecule has 0 spiro atoms. The summed E-state index contributed by atoms with van der Waals surface area (Å²) in [7, 11) is 0. The lowest BCUT2D eigenvalue weighted by atomic mass is 9.85. The first-order chi connectivity index (χ1) is 4.52. The summed E-state index contributed by atoms with van der Waals surface area (Å²) >= 11 is 0. The van der Waals surface area contributed by atoms with E-state index in [1.165, 1.54) is 0 Å². The number of piperidine rings is 1. The summed E-state index contributed by atoms with van der Waals surface area (Å²) in [6.07, 6.45) is 0.747. The van der Waals surface area contributed by atoms with Crippen molar-refractivity contribution in [2.45, 2.75) is 38.8 Å². The van der Waals surface area contributed by atoms with Gasteiger partial charge in [-0.3, -0.25) is 0 Å². The SMILES string of the molecule is CC1CNC(C)(C)[C@H](O)C1.Cl. The number of nitrogens with one attached hydrogen (secondary N) is 1. The Labute approximate surface area is 74.8 Å². The highest BCUT2D eigenvalue weighted by Crippen LogP contribution is 2.21. The molecule has 0 saturated carbocycles. The van der Waals surface area contributed by atoms with E-state index < -0.39 is 0 Å². The van der Waals surface area contributed by atoms with E-state index in [0.717, 1.165) is 13.0 Å². The Bertz CT molecular complexity index is 127. The lowest BCUT2D eigenvalue weighted by molar-refractivity contribution is 0.0319. The van der Waals surface area contributed by atoms with Crippen LogP contribution in [0.4, 0.5) is 0 Å². The van der Waals surface area contributed by atoms with Crippen LogP contribution >= 0.6 is 12.4 Å². The van der Waals surface area contributed by atoms with E-state index in [2.05, 4.69) is 12.2 Å². The molecule has 68 valence electrons. The van der Waals surface area contributed by atoms with Gasteiger partial charge in [-0.15, -0.1) is 12.4 Å². The van der Waals surface area contributed by atoms with E-state index >= 15 is 0 Å². The zero-order valence-corrected chi connectivity index (χ0v) is 8.24. The third kappa shape index (κ3) is 2.62. The third-order valence-corrected chi connectivity index (χ3v) is 2.36. The fourth-order valence-corrected chi connectivity index (χ4v) is 1.31. The molecule has 1 rings (SSSR count). The van der Waals surface area contributed by atoms with Gasteiger partial charge in [-0.05, 0) is 32.7 Å². The van der Waals surface area contributed by atoms with Gasteiger partial charge in [0.25, 0.3) is 0 Å².